The number of aromatic nitrogens is 3. The fourth-order valence-corrected chi connectivity index (χ4v) is 4.65. The quantitative estimate of drug-likeness (QED) is 0.413. The second kappa shape index (κ2) is 11.6. The summed E-state index contributed by atoms with van der Waals surface area (Å²) in [5.41, 5.74) is 1.09. The van der Waals surface area contributed by atoms with E-state index >= 15 is 0 Å². The molecule has 3 aromatic heterocycles. The second-order valence-electron chi connectivity index (χ2n) is 8.20. The number of Topliss-reactive ketones (excluding diaryl/α,β-unsaturated/α-hetero) is 1. The van der Waals surface area contributed by atoms with Gasteiger partial charge in [-0.05, 0) is 49.5 Å². The highest BCUT2D eigenvalue weighted by molar-refractivity contribution is 7.09. The summed E-state index contributed by atoms with van der Waals surface area (Å²) in [5, 5.41) is 14.6. The number of ketones is 1. The van der Waals surface area contributed by atoms with Gasteiger partial charge >= 0.3 is 0 Å². The molecule has 180 valence electrons. The Kier molecular flexibility index (Phi) is 8.08. The van der Waals surface area contributed by atoms with Crippen molar-refractivity contribution in [2.45, 2.75) is 32.4 Å². The molecule has 0 radical (unpaired) electrons. The lowest BCUT2D eigenvalue weighted by molar-refractivity contribution is 0.0970. The van der Waals surface area contributed by atoms with Crippen LogP contribution in [0.2, 0.25) is 0 Å². The van der Waals surface area contributed by atoms with Gasteiger partial charge in [0.15, 0.2) is 5.78 Å². The van der Waals surface area contributed by atoms with Gasteiger partial charge in [-0.1, -0.05) is 24.6 Å². The highest BCUT2D eigenvalue weighted by atomic mass is 32.1. The lowest BCUT2D eigenvalue weighted by atomic mass is 10.1. The van der Waals surface area contributed by atoms with Crippen molar-refractivity contribution in [2.75, 3.05) is 20.2 Å². The zero-order chi connectivity index (χ0) is 24.6. The van der Waals surface area contributed by atoms with Crippen LogP contribution in [0.25, 0.3) is 11.0 Å². The number of nitrogens with one attached hydrogen (secondary N) is 1. The topological polar surface area (TPSA) is 102 Å². The summed E-state index contributed by atoms with van der Waals surface area (Å²) in [6.07, 6.45) is 7.17. The van der Waals surface area contributed by atoms with E-state index in [0.717, 1.165) is 4.88 Å². The second-order valence-corrected chi connectivity index (χ2v) is 9.23. The maximum Gasteiger partial charge on any atom is 0.278 e. The molecule has 1 aliphatic heterocycles. The van der Waals surface area contributed by atoms with Crippen molar-refractivity contribution in [3.63, 3.8) is 0 Å². The zero-order valence-corrected chi connectivity index (χ0v) is 20.4. The number of nitrogens with zero attached hydrogens (tertiary/aromatic N) is 4. The summed E-state index contributed by atoms with van der Waals surface area (Å²) in [4.78, 5) is 31.1. The van der Waals surface area contributed by atoms with E-state index in [-0.39, 0.29) is 17.9 Å². The van der Waals surface area contributed by atoms with E-state index in [9.17, 15) is 14.9 Å². The predicted octanol–water partition coefficient (Wildman–Crippen LogP) is 3.83. The van der Waals surface area contributed by atoms with Gasteiger partial charge in [0.2, 0.25) is 0 Å². The van der Waals surface area contributed by atoms with Crippen molar-refractivity contribution >= 4 is 28.2 Å². The van der Waals surface area contributed by atoms with Gasteiger partial charge in [-0.15, -0.1) is 11.3 Å². The van der Waals surface area contributed by atoms with Gasteiger partial charge in [0, 0.05) is 16.6 Å². The Bertz CT molecular complexity index is 1380. The molecule has 0 aliphatic carbocycles. The van der Waals surface area contributed by atoms with Crippen LogP contribution in [-0.2, 0) is 13.1 Å². The number of nitriles is 1. The molecule has 8 nitrogen and oxygen atoms in total. The minimum absolute atomic E-state index is 0.152. The van der Waals surface area contributed by atoms with Gasteiger partial charge in [-0.3, -0.25) is 14.2 Å². The Hall–Kier alpha value is -3.74. The first-order chi connectivity index (χ1) is 17.1. The zero-order valence-electron chi connectivity index (χ0n) is 19.6. The van der Waals surface area contributed by atoms with Crippen molar-refractivity contribution in [3.05, 3.63) is 80.7 Å². The molecule has 1 aromatic carbocycles. The van der Waals surface area contributed by atoms with Gasteiger partial charge in [-0.25, -0.2) is 4.98 Å². The number of ether oxygens (including phenoxy) is 1. The molecule has 0 atom stereocenters. The van der Waals surface area contributed by atoms with Crippen molar-refractivity contribution in [1.82, 2.24) is 19.4 Å². The van der Waals surface area contributed by atoms with Gasteiger partial charge in [0.1, 0.15) is 22.9 Å². The number of hydrogen-bond donors (Lipinski definition) is 1. The summed E-state index contributed by atoms with van der Waals surface area (Å²) in [7, 11) is 1.53. The van der Waals surface area contributed by atoms with E-state index in [2.05, 4.69) is 16.4 Å². The first-order valence-electron chi connectivity index (χ1n) is 11.5. The molecular formula is C26H27N5O3S. The number of piperidine rings is 1. The number of carbonyl (C=O) groups excluding carboxylic acids is 1. The van der Waals surface area contributed by atoms with Gasteiger partial charge in [-0.2, -0.15) is 5.26 Å². The van der Waals surface area contributed by atoms with E-state index in [1.807, 2.05) is 17.5 Å². The van der Waals surface area contributed by atoms with Crippen molar-refractivity contribution in [3.8, 4) is 11.8 Å². The summed E-state index contributed by atoms with van der Waals surface area (Å²) < 4.78 is 8.15. The molecular weight excluding hydrogens is 462 g/mol. The standard InChI is InChI=1S/C21H16N4O3S.C5H11N/c1-28-16-5-2-4-14(8-16)18(26)12-25-13-23-19-15(9-22)10-24(20(19)21(25)27)11-17-6-3-7-29-17;1-2-4-6-5-3-1/h2-8,10,13H,11-12H2,1H3;6H,1-5H2. The number of fused-ring (bicyclic) bond motifs is 1. The van der Waals surface area contributed by atoms with Crippen LogP contribution in [0.15, 0.2) is 59.1 Å². The monoisotopic (exact) mass is 489 g/mol. The normalized spacial score (nSPS) is 13.0. The SMILES string of the molecule is C1CCNCC1.COc1cccc(C(=O)Cn2cnc3c(C#N)cn(Cc4cccs4)c3c2=O)c1. The maximum atomic E-state index is 13.1. The molecule has 1 N–H and O–H groups in total. The van der Waals surface area contributed by atoms with Crippen molar-refractivity contribution in [1.29, 1.82) is 5.26 Å². The Balaban J connectivity index is 0.000000421. The van der Waals surface area contributed by atoms with Gasteiger partial charge < -0.3 is 14.6 Å². The molecule has 0 amide bonds. The van der Waals surface area contributed by atoms with Gasteiger partial charge in [0.25, 0.3) is 5.56 Å². The summed E-state index contributed by atoms with van der Waals surface area (Å²) in [6, 6.07) is 12.8. The number of rotatable bonds is 6. The van der Waals surface area contributed by atoms with Crippen LogP contribution in [0.4, 0.5) is 0 Å². The van der Waals surface area contributed by atoms with Crippen LogP contribution < -0.4 is 15.6 Å². The van der Waals surface area contributed by atoms with Crippen molar-refractivity contribution < 1.29 is 9.53 Å². The third kappa shape index (κ3) is 5.85. The van der Waals surface area contributed by atoms with E-state index in [4.69, 9.17) is 4.74 Å². The first-order valence-corrected chi connectivity index (χ1v) is 12.4. The molecule has 5 rings (SSSR count). The van der Waals surface area contributed by atoms with E-state index in [1.165, 1.54) is 50.4 Å². The maximum absolute atomic E-state index is 13.1. The number of methoxy groups -OCH3 is 1. The summed E-state index contributed by atoms with van der Waals surface area (Å²) in [6.45, 7) is 2.81. The van der Waals surface area contributed by atoms with E-state index in [0.29, 0.717) is 34.5 Å². The predicted molar refractivity (Wildman–Crippen MR) is 136 cm³/mol. The molecule has 0 unspecified atom stereocenters. The molecule has 0 saturated carbocycles. The van der Waals surface area contributed by atoms with Crippen LogP contribution in [-0.4, -0.2) is 40.1 Å². The molecule has 1 saturated heterocycles. The smallest absolute Gasteiger partial charge is 0.278 e. The molecule has 1 fully saturated rings. The third-order valence-corrected chi connectivity index (χ3v) is 6.64. The minimum Gasteiger partial charge on any atom is -0.497 e. The number of carbonyl (C=O) groups is 1. The van der Waals surface area contributed by atoms with Crippen molar-refractivity contribution in [2.24, 2.45) is 0 Å². The first kappa shape index (κ1) is 24.4. The highest BCUT2D eigenvalue weighted by Crippen LogP contribution is 2.19. The Labute approximate surface area is 207 Å². The van der Waals surface area contributed by atoms with Crippen LogP contribution >= 0.6 is 11.3 Å². The largest absolute Gasteiger partial charge is 0.497 e. The highest BCUT2D eigenvalue weighted by Gasteiger charge is 2.17. The molecule has 4 aromatic rings. The van der Waals surface area contributed by atoms with E-state index < -0.39 is 0 Å². The minimum atomic E-state index is -0.357. The lowest BCUT2D eigenvalue weighted by Crippen LogP contribution is -2.26. The number of benzene rings is 1. The number of thiophene rings is 1. The molecule has 9 heteroatoms. The average molecular weight is 490 g/mol. The number of hydrogen-bond acceptors (Lipinski definition) is 7. The van der Waals surface area contributed by atoms with Gasteiger partial charge in [0.05, 0.1) is 32.1 Å². The fourth-order valence-electron chi connectivity index (χ4n) is 3.95. The van der Waals surface area contributed by atoms with E-state index in [1.54, 1.807) is 46.4 Å². The molecule has 0 bridgehead atoms. The van der Waals surface area contributed by atoms with Crippen LogP contribution in [0.3, 0.4) is 0 Å². The Morgan fingerprint density at radius 3 is 2.66 bits per heavy atom. The average Bonchev–Trinajstić information content (AvgIpc) is 3.55. The molecule has 0 spiro atoms. The molecule has 4 heterocycles. The molecule has 35 heavy (non-hydrogen) atoms. The van der Waals surface area contributed by atoms with Crippen LogP contribution in [0.1, 0.15) is 40.1 Å². The lowest BCUT2D eigenvalue weighted by Gasteiger charge is -2.08. The fraction of sp³-hybridized carbons (Fsp3) is 0.308. The summed E-state index contributed by atoms with van der Waals surface area (Å²) in [5.74, 6) is 0.337. The summed E-state index contributed by atoms with van der Waals surface area (Å²) >= 11 is 1.57. The molecule has 1 aliphatic rings. The van der Waals surface area contributed by atoms with Crippen LogP contribution in [0, 0.1) is 11.3 Å². The third-order valence-electron chi connectivity index (χ3n) is 5.78. The Morgan fingerprint density at radius 1 is 1.20 bits per heavy atom. The van der Waals surface area contributed by atoms with Crippen LogP contribution in [0.5, 0.6) is 5.75 Å². The Morgan fingerprint density at radius 2 is 2.03 bits per heavy atom.